The summed E-state index contributed by atoms with van der Waals surface area (Å²) in [5.41, 5.74) is -0.514. The van der Waals surface area contributed by atoms with Gasteiger partial charge in [0, 0.05) is 6.07 Å². The van der Waals surface area contributed by atoms with E-state index in [1.165, 1.54) is 19.2 Å². The maximum absolute atomic E-state index is 11.9. The number of hydrogen-bond donors (Lipinski definition) is 0. The summed E-state index contributed by atoms with van der Waals surface area (Å²) in [7, 11) is 0.0273. The summed E-state index contributed by atoms with van der Waals surface area (Å²) in [5.74, 6) is 0.904. The Labute approximate surface area is 144 Å². The molecule has 6 nitrogen and oxygen atoms in total. The molecule has 0 spiro atoms. The molecule has 0 unspecified atom stereocenters. The lowest BCUT2D eigenvalue weighted by molar-refractivity contribution is 0.0205. The van der Waals surface area contributed by atoms with Gasteiger partial charge in [-0.25, -0.2) is 4.79 Å². The largest absolute Gasteiger partial charge is 0.514 e. The quantitative estimate of drug-likeness (QED) is 0.332. The zero-order valence-corrected chi connectivity index (χ0v) is 16.4. The highest BCUT2D eigenvalue weighted by atomic mass is 28.3. The smallest absolute Gasteiger partial charge is 0.493 e. The van der Waals surface area contributed by atoms with Crippen molar-refractivity contribution >= 4 is 20.5 Å². The van der Waals surface area contributed by atoms with Crippen LogP contribution in [0.5, 0.6) is 17.2 Å². The van der Waals surface area contributed by atoms with Gasteiger partial charge < -0.3 is 18.9 Å². The standard InChI is InChI=1S/C17H26O6Si/c1-17(2,3)23-16(19)22-13-9-15(21-11-24(5,6)7)14(20-4)8-12(13)10-18/h8-10H,11H2,1-7H3. The summed E-state index contributed by atoms with van der Waals surface area (Å²) in [6, 6.07) is 2.96. The molecule has 0 saturated heterocycles. The molecular weight excluding hydrogens is 328 g/mol. The van der Waals surface area contributed by atoms with E-state index in [1.54, 1.807) is 20.8 Å². The van der Waals surface area contributed by atoms with Gasteiger partial charge in [-0.2, -0.15) is 0 Å². The number of ether oxygens (including phenoxy) is 4. The lowest BCUT2D eigenvalue weighted by Gasteiger charge is -2.21. The van der Waals surface area contributed by atoms with Gasteiger partial charge in [0.1, 0.15) is 11.4 Å². The third-order valence-electron chi connectivity index (χ3n) is 2.67. The number of carbonyl (C=O) groups is 2. The van der Waals surface area contributed by atoms with E-state index in [1.807, 2.05) is 0 Å². The van der Waals surface area contributed by atoms with Crippen molar-refractivity contribution in [3.05, 3.63) is 17.7 Å². The normalized spacial score (nSPS) is 11.6. The first-order valence-electron chi connectivity index (χ1n) is 7.66. The number of hydrogen-bond acceptors (Lipinski definition) is 6. The van der Waals surface area contributed by atoms with E-state index < -0.39 is 19.8 Å². The van der Waals surface area contributed by atoms with E-state index in [4.69, 9.17) is 18.9 Å². The van der Waals surface area contributed by atoms with Crippen LogP contribution in [0.2, 0.25) is 19.6 Å². The zero-order valence-electron chi connectivity index (χ0n) is 15.4. The zero-order chi connectivity index (χ0) is 18.5. The van der Waals surface area contributed by atoms with Crippen molar-refractivity contribution < 1.29 is 28.5 Å². The number of rotatable bonds is 6. The molecular formula is C17H26O6Si. The fraction of sp³-hybridized carbons (Fsp3) is 0.529. The van der Waals surface area contributed by atoms with Crippen LogP contribution in [0.3, 0.4) is 0 Å². The molecule has 0 aliphatic rings. The second-order valence-electron chi connectivity index (χ2n) is 7.57. The molecule has 1 rings (SSSR count). The Balaban J connectivity index is 3.09. The van der Waals surface area contributed by atoms with Crippen LogP contribution in [0.4, 0.5) is 4.79 Å². The van der Waals surface area contributed by atoms with Crippen molar-refractivity contribution in [2.45, 2.75) is 46.0 Å². The third kappa shape index (κ3) is 6.62. The highest BCUT2D eigenvalue weighted by Gasteiger charge is 2.22. The van der Waals surface area contributed by atoms with Crippen molar-refractivity contribution in [1.29, 1.82) is 0 Å². The molecule has 0 aliphatic heterocycles. The van der Waals surface area contributed by atoms with E-state index in [0.717, 1.165) is 0 Å². The maximum atomic E-state index is 11.9. The minimum Gasteiger partial charge on any atom is -0.493 e. The Hall–Kier alpha value is -2.02. The van der Waals surface area contributed by atoms with Gasteiger partial charge in [0.2, 0.25) is 0 Å². The third-order valence-corrected chi connectivity index (χ3v) is 3.68. The minimum absolute atomic E-state index is 0.0747. The molecule has 7 heteroatoms. The molecule has 0 fully saturated rings. The van der Waals surface area contributed by atoms with Crippen molar-refractivity contribution in [3.63, 3.8) is 0 Å². The fourth-order valence-corrected chi connectivity index (χ4v) is 2.25. The summed E-state index contributed by atoms with van der Waals surface area (Å²) in [4.78, 5) is 23.1. The number of benzene rings is 1. The predicted molar refractivity (Wildman–Crippen MR) is 94.1 cm³/mol. The first kappa shape index (κ1) is 20.0. The van der Waals surface area contributed by atoms with E-state index in [0.29, 0.717) is 24.0 Å². The van der Waals surface area contributed by atoms with Gasteiger partial charge >= 0.3 is 6.16 Å². The van der Waals surface area contributed by atoms with Gasteiger partial charge in [0.25, 0.3) is 0 Å². The number of carbonyl (C=O) groups excluding carboxylic acids is 2. The topological polar surface area (TPSA) is 71.1 Å². The summed E-state index contributed by atoms with van der Waals surface area (Å²) >= 11 is 0. The Bertz CT molecular complexity index is 598. The Kier molecular flexibility index (Phi) is 6.42. The van der Waals surface area contributed by atoms with E-state index in [9.17, 15) is 9.59 Å². The van der Waals surface area contributed by atoms with Crippen LogP contribution in [-0.2, 0) is 4.74 Å². The summed E-state index contributed by atoms with van der Waals surface area (Å²) in [5, 5.41) is 0. The molecule has 134 valence electrons. The van der Waals surface area contributed by atoms with Crippen molar-refractivity contribution in [1.82, 2.24) is 0 Å². The van der Waals surface area contributed by atoms with Gasteiger partial charge in [0.15, 0.2) is 17.8 Å². The van der Waals surface area contributed by atoms with Crippen molar-refractivity contribution in [2.24, 2.45) is 0 Å². The second kappa shape index (κ2) is 7.70. The fourth-order valence-electron chi connectivity index (χ4n) is 1.66. The monoisotopic (exact) mass is 354 g/mol. The van der Waals surface area contributed by atoms with Gasteiger partial charge in [-0.15, -0.1) is 0 Å². The lowest BCUT2D eigenvalue weighted by atomic mass is 10.2. The number of aldehydes is 1. The van der Waals surface area contributed by atoms with E-state index >= 15 is 0 Å². The SMILES string of the molecule is COc1cc(C=O)c(OC(=O)OC(C)(C)C)cc1OC[Si](C)(C)C. The first-order chi connectivity index (χ1) is 10.9. The van der Waals surface area contributed by atoms with Crippen molar-refractivity contribution in [3.8, 4) is 17.2 Å². The summed E-state index contributed by atoms with van der Waals surface area (Å²) < 4.78 is 21.3. The maximum Gasteiger partial charge on any atom is 0.514 e. The molecule has 24 heavy (non-hydrogen) atoms. The van der Waals surface area contributed by atoms with E-state index in [2.05, 4.69) is 19.6 Å². The Morgan fingerprint density at radius 3 is 2.21 bits per heavy atom. The molecule has 0 amide bonds. The van der Waals surface area contributed by atoms with Crippen LogP contribution < -0.4 is 14.2 Å². The van der Waals surface area contributed by atoms with Gasteiger partial charge in [0.05, 0.1) is 27.0 Å². The molecule has 1 aromatic carbocycles. The second-order valence-corrected chi connectivity index (χ2v) is 13.0. The van der Waals surface area contributed by atoms with Crippen LogP contribution >= 0.6 is 0 Å². The minimum atomic E-state index is -1.46. The molecule has 0 atom stereocenters. The van der Waals surface area contributed by atoms with E-state index in [-0.39, 0.29) is 11.3 Å². The molecule has 0 N–H and O–H groups in total. The van der Waals surface area contributed by atoms with Crippen LogP contribution in [0.1, 0.15) is 31.1 Å². The first-order valence-corrected chi connectivity index (χ1v) is 11.4. The molecule has 0 aliphatic carbocycles. The summed E-state index contributed by atoms with van der Waals surface area (Å²) in [6.07, 6.45) is 0.270. The van der Waals surface area contributed by atoms with Gasteiger partial charge in [-0.05, 0) is 26.8 Å². The number of methoxy groups -OCH3 is 1. The highest BCUT2D eigenvalue weighted by Crippen LogP contribution is 2.35. The summed E-state index contributed by atoms with van der Waals surface area (Å²) in [6.45, 7) is 11.7. The van der Waals surface area contributed by atoms with Crippen LogP contribution in [0.15, 0.2) is 12.1 Å². The van der Waals surface area contributed by atoms with Crippen LogP contribution in [-0.4, -0.2) is 39.5 Å². The van der Waals surface area contributed by atoms with Crippen LogP contribution in [0, 0.1) is 0 Å². The molecule has 1 aromatic rings. The lowest BCUT2D eigenvalue weighted by Crippen LogP contribution is -2.30. The molecule has 0 bridgehead atoms. The predicted octanol–water partition coefficient (Wildman–Crippen LogP) is 4.08. The average molecular weight is 354 g/mol. The van der Waals surface area contributed by atoms with Gasteiger partial charge in [-0.3, -0.25) is 4.79 Å². The Morgan fingerprint density at radius 1 is 1.12 bits per heavy atom. The van der Waals surface area contributed by atoms with Crippen molar-refractivity contribution in [2.75, 3.05) is 13.3 Å². The molecule has 0 aromatic heterocycles. The van der Waals surface area contributed by atoms with Gasteiger partial charge in [-0.1, -0.05) is 19.6 Å². The average Bonchev–Trinajstić information content (AvgIpc) is 2.42. The van der Waals surface area contributed by atoms with Crippen LogP contribution in [0.25, 0.3) is 0 Å². The molecule has 0 saturated carbocycles. The molecule has 0 heterocycles. The Morgan fingerprint density at radius 2 is 1.75 bits per heavy atom. The molecule has 0 radical (unpaired) electrons. The highest BCUT2D eigenvalue weighted by molar-refractivity contribution is 6.76.